The van der Waals surface area contributed by atoms with Crippen LogP contribution in [0.1, 0.15) is 20.8 Å². The molecule has 29 heavy (non-hydrogen) atoms. The molecular formula is C23H24FN3O2. The molecule has 0 saturated carbocycles. The quantitative estimate of drug-likeness (QED) is 0.532. The summed E-state index contributed by atoms with van der Waals surface area (Å²) < 4.78 is 13.8. The number of nitrogens with one attached hydrogen (secondary N) is 2. The maximum Gasteiger partial charge on any atom is 0.221 e. The molecule has 0 bridgehead atoms. The number of hydrogen-bond donors (Lipinski definition) is 3. The molecule has 150 valence electrons. The molecule has 1 heterocycles. The van der Waals surface area contributed by atoms with Gasteiger partial charge in [0.1, 0.15) is 17.4 Å². The number of carbonyl (C=O) groups excluding carboxylic acids is 1. The molecule has 0 saturated heterocycles. The van der Waals surface area contributed by atoms with Crippen LogP contribution in [0.4, 0.5) is 15.9 Å². The predicted octanol–water partition coefficient (Wildman–Crippen LogP) is 5.29. The number of phenols is 1. The lowest BCUT2D eigenvalue weighted by Crippen LogP contribution is -2.09. The minimum absolute atomic E-state index is 0.0353. The smallest absolute Gasteiger partial charge is 0.221 e. The van der Waals surface area contributed by atoms with Crippen LogP contribution in [0.3, 0.4) is 0 Å². The average molecular weight is 393 g/mol. The first-order valence-corrected chi connectivity index (χ1v) is 9.44. The van der Waals surface area contributed by atoms with Crippen LogP contribution >= 0.6 is 0 Å². The van der Waals surface area contributed by atoms with Crippen LogP contribution in [0, 0.1) is 11.7 Å². The van der Waals surface area contributed by atoms with Gasteiger partial charge in [-0.25, -0.2) is 9.37 Å². The van der Waals surface area contributed by atoms with Crippen molar-refractivity contribution >= 4 is 17.4 Å². The second kappa shape index (κ2) is 8.73. The second-order valence-corrected chi connectivity index (χ2v) is 7.32. The second-order valence-electron chi connectivity index (χ2n) is 7.32. The molecule has 3 aromatic rings. The lowest BCUT2D eigenvalue weighted by molar-refractivity contribution is -0.114. The molecule has 2 aromatic carbocycles. The fourth-order valence-electron chi connectivity index (χ4n) is 2.90. The number of anilines is 2. The summed E-state index contributed by atoms with van der Waals surface area (Å²) in [6, 6.07) is 14.9. The van der Waals surface area contributed by atoms with E-state index in [0.29, 0.717) is 28.7 Å². The van der Waals surface area contributed by atoms with E-state index in [9.17, 15) is 14.3 Å². The van der Waals surface area contributed by atoms with Crippen molar-refractivity contribution in [3.8, 4) is 28.1 Å². The van der Waals surface area contributed by atoms with Crippen molar-refractivity contribution in [3.63, 3.8) is 0 Å². The molecule has 3 N–H and O–H groups in total. The minimum atomic E-state index is -0.443. The van der Waals surface area contributed by atoms with Crippen LogP contribution in [0.5, 0.6) is 5.75 Å². The largest absolute Gasteiger partial charge is 0.507 e. The lowest BCUT2D eigenvalue weighted by Gasteiger charge is -2.14. The number of carbonyl (C=O) groups is 1. The number of phenolic OH excluding ortho intramolecular Hbond substituents is 1. The molecule has 5 nitrogen and oxygen atoms in total. The highest BCUT2D eigenvalue weighted by Crippen LogP contribution is 2.33. The van der Waals surface area contributed by atoms with Crippen molar-refractivity contribution < 1.29 is 14.3 Å². The highest BCUT2D eigenvalue weighted by Gasteiger charge is 2.12. The Bertz CT molecular complexity index is 1020. The number of amides is 1. The van der Waals surface area contributed by atoms with Gasteiger partial charge in [0.25, 0.3) is 0 Å². The van der Waals surface area contributed by atoms with E-state index < -0.39 is 5.82 Å². The SMILES string of the molecule is CC(=O)Nc1ccc(-c2cc(NCC(C)C)nc(-c3cc(F)ccc3O)c2)cc1. The number of nitrogens with zero attached hydrogens (tertiary/aromatic N) is 1. The van der Waals surface area contributed by atoms with E-state index in [2.05, 4.69) is 29.5 Å². The Labute approximate surface area is 169 Å². The summed E-state index contributed by atoms with van der Waals surface area (Å²) in [4.78, 5) is 15.8. The topological polar surface area (TPSA) is 74.2 Å². The summed E-state index contributed by atoms with van der Waals surface area (Å²) in [5, 5.41) is 16.2. The normalized spacial score (nSPS) is 10.8. The van der Waals surface area contributed by atoms with Gasteiger partial charge in [0, 0.05) is 24.7 Å². The Morgan fingerprint density at radius 1 is 1.07 bits per heavy atom. The van der Waals surface area contributed by atoms with Crippen LogP contribution in [0.25, 0.3) is 22.4 Å². The highest BCUT2D eigenvalue weighted by atomic mass is 19.1. The molecule has 1 amide bonds. The number of aromatic nitrogens is 1. The number of rotatable bonds is 6. The van der Waals surface area contributed by atoms with Gasteiger partial charge in [0.15, 0.2) is 0 Å². The third-order valence-corrected chi connectivity index (χ3v) is 4.29. The number of benzene rings is 2. The van der Waals surface area contributed by atoms with Gasteiger partial charge in [0.2, 0.25) is 5.91 Å². The molecule has 0 unspecified atom stereocenters. The monoisotopic (exact) mass is 393 g/mol. The molecule has 0 aliphatic rings. The molecular weight excluding hydrogens is 369 g/mol. The van der Waals surface area contributed by atoms with Gasteiger partial charge in [-0.1, -0.05) is 26.0 Å². The van der Waals surface area contributed by atoms with E-state index in [1.54, 1.807) is 0 Å². The zero-order chi connectivity index (χ0) is 21.0. The molecule has 0 radical (unpaired) electrons. The fourth-order valence-corrected chi connectivity index (χ4v) is 2.90. The van der Waals surface area contributed by atoms with Crippen LogP contribution < -0.4 is 10.6 Å². The van der Waals surface area contributed by atoms with Crippen molar-refractivity contribution in [1.82, 2.24) is 4.98 Å². The van der Waals surface area contributed by atoms with Gasteiger partial charge in [0.05, 0.1) is 5.69 Å². The molecule has 1 aromatic heterocycles. The first-order valence-electron chi connectivity index (χ1n) is 9.44. The molecule has 3 rings (SSSR count). The highest BCUT2D eigenvalue weighted by molar-refractivity contribution is 5.89. The van der Waals surface area contributed by atoms with E-state index in [0.717, 1.165) is 17.7 Å². The number of hydrogen-bond acceptors (Lipinski definition) is 4. The van der Waals surface area contributed by atoms with E-state index >= 15 is 0 Å². The van der Waals surface area contributed by atoms with Crippen molar-refractivity contribution in [2.24, 2.45) is 5.92 Å². The van der Waals surface area contributed by atoms with Crippen molar-refractivity contribution in [2.45, 2.75) is 20.8 Å². The average Bonchev–Trinajstić information content (AvgIpc) is 2.68. The third kappa shape index (κ3) is 5.31. The first kappa shape index (κ1) is 20.3. The van der Waals surface area contributed by atoms with Crippen LogP contribution in [-0.4, -0.2) is 22.5 Å². The van der Waals surface area contributed by atoms with Gasteiger partial charge >= 0.3 is 0 Å². The summed E-state index contributed by atoms with van der Waals surface area (Å²) >= 11 is 0. The van der Waals surface area contributed by atoms with Crippen molar-refractivity contribution in [3.05, 3.63) is 60.4 Å². The summed E-state index contributed by atoms with van der Waals surface area (Å²) in [6.07, 6.45) is 0. The van der Waals surface area contributed by atoms with Gasteiger partial charge in [-0.3, -0.25) is 4.79 Å². The van der Waals surface area contributed by atoms with E-state index in [1.807, 2.05) is 36.4 Å². The lowest BCUT2D eigenvalue weighted by atomic mass is 10.0. The van der Waals surface area contributed by atoms with Crippen molar-refractivity contribution in [1.29, 1.82) is 0 Å². The summed E-state index contributed by atoms with van der Waals surface area (Å²) in [6.45, 7) is 6.38. The van der Waals surface area contributed by atoms with Gasteiger partial charge < -0.3 is 15.7 Å². The zero-order valence-electron chi connectivity index (χ0n) is 16.7. The number of halogens is 1. The Morgan fingerprint density at radius 2 is 1.79 bits per heavy atom. The third-order valence-electron chi connectivity index (χ3n) is 4.29. The standard InChI is InChI=1S/C23H24FN3O2/c1-14(2)13-25-23-11-17(16-4-7-19(8-5-16)26-15(3)28)10-21(27-23)20-12-18(24)6-9-22(20)29/h4-12,14,29H,13H2,1-3H3,(H,25,27)(H,26,28). The molecule has 0 fully saturated rings. The Kier molecular flexibility index (Phi) is 6.12. The fraction of sp³-hybridized carbons (Fsp3) is 0.217. The number of pyridine rings is 1. The summed E-state index contributed by atoms with van der Waals surface area (Å²) in [5.74, 6) is 0.447. The maximum atomic E-state index is 13.8. The Balaban J connectivity index is 2.04. The van der Waals surface area contributed by atoms with E-state index in [-0.39, 0.29) is 11.7 Å². The molecule has 0 spiro atoms. The molecule has 6 heteroatoms. The number of aromatic hydroxyl groups is 1. The van der Waals surface area contributed by atoms with Gasteiger partial charge in [-0.05, 0) is 59.5 Å². The van der Waals surface area contributed by atoms with E-state index in [4.69, 9.17) is 0 Å². The molecule has 0 aliphatic carbocycles. The minimum Gasteiger partial charge on any atom is -0.507 e. The summed E-state index contributed by atoms with van der Waals surface area (Å²) in [7, 11) is 0. The van der Waals surface area contributed by atoms with Crippen LogP contribution in [-0.2, 0) is 4.79 Å². The zero-order valence-corrected chi connectivity index (χ0v) is 16.7. The summed E-state index contributed by atoms with van der Waals surface area (Å²) in [5.41, 5.74) is 3.27. The van der Waals surface area contributed by atoms with E-state index in [1.165, 1.54) is 25.1 Å². The van der Waals surface area contributed by atoms with Crippen LogP contribution in [0.2, 0.25) is 0 Å². The molecule has 0 atom stereocenters. The van der Waals surface area contributed by atoms with Crippen LogP contribution in [0.15, 0.2) is 54.6 Å². The Morgan fingerprint density at radius 3 is 2.45 bits per heavy atom. The Hall–Kier alpha value is -3.41. The van der Waals surface area contributed by atoms with Gasteiger partial charge in [-0.2, -0.15) is 0 Å². The predicted molar refractivity (Wildman–Crippen MR) is 114 cm³/mol. The van der Waals surface area contributed by atoms with Crippen molar-refractivity contribution in [2.75, 3.05) is 17.2 Å². The maximum absolute atomic E-state index is 13.8. The van der Waals surface area contributed by atoms with Gasteiger partial charge in [-0.15, -0.1) is 0 Å². The first-order chi connectivity index (χ1) is 13.8. The molecule has 0 aliphatic heterocycles.